The second-order valence-corrected chi connectivity index (χ2v) is 7.26. The van der Waals surface area contributed by atoms with E-state index in [0.717, 1.165) is 38.9 Å². The normalized spacial score (nSPS) is 18.2. The second kappa shape index (κ2) is 6.76. The van der Waals surface area contributed by atoms with Crippen molar-refractivity contribution in [1.29, 1.82) is 0 Å². The number of carbonyl (C=O) groups is 1. The number of likely N-dealkylation sites (tertiary alicyclic amines) is 1. The summed E-state index contributed by atoms with van der Waals surface area (Å²) in [6.07, 6.45) is 2.39. The number of rotatable bonds is 4. The van der Waals surface area contributed by atoms with Gasteiger partial charge in [-0.15, -0.1) is 0 Å². The molecular formula is C15H30N2O3. The number of nitrogens with zero attached hydrogens (tertiary/aromatic N) is 1. The maximum absolute atomic E-state index is 11.9. The van der Waals surface area contributed by atoms with Crippen LogP contribution in [0.2, 0.25) is 0 Å². The molecule has 5 heteroatoms. The molecule has 0 aliphatic carbocycles. The molecule has 0 bridgehead atoms. The Labute approximate surface area is 122 Å². The third-order valence-electron chi connectivity index (χ3n) is 3.32. The summed E-state index contributed by atoms with van der Waals surface area (Å²) in [5.41, 5.74) is -1.05. The van der Waals surface area contributed by atoms with Gasteiger partial charge in [0, 0.05) is 19.1 Å². The minimum absolute atomic E-state index is 0.215. The number of hydrogen-bond donors (Lipinski definition) is 2. The van der Waals surface area contributed by atoms with Crippen LogP contribution >= 0.6 is 0 Å². The highest BCUT2D eigenvalue weighted by atomic mass is 16.6. The zero-order chi connectivity index (χ0) is 15.4. The molecule has 0 unspecified atom stereocenters. The van der Waals surface area contributed by atoms with E-state index in [1.165, 1.54) is 0 Å². The summed E-state index contributed by atoms with van der Waals surface area (Å²) in [4.78, 5) is 13.7. The average molecular weight is 286 g/mol. The molecule has 5 nitrogen and oxygen atoms in total. The van der Waals surface area contributed by atoms with E-state index in [9.17, 15) is 9.90 Å². The summed E-state index contributed by atoms with van der Waals surface area (Å²) in [5.74, 6) is 0. The van der Waals surface area contributed by atoms with Crippen LogP contribution in [0.3, 0.4) is 0 Å². The van der Waals surface area contributed by atoms with Crippen molar-refractivity contribution in [1.82, 2.24) is 10.2 Å². The monoisotopic (exact) mass is 286 g/mol. The van der Waals surface area contributed by atoms with Crippen molar-refractivity contribution in [3.05, 3.63) is 0 Å². The molecule has 20 heavy (non-hydrogen) atoms. The molecule has 1 rings (SSSR count). The zero-order valence-electron chi connectivity index (χ0n) is 13.5. The van der Waals surface area contributed by atoms with Gasteiger partial charge < -0.3 is 20.1 Å². The van der Waals surface area contributed by atoms with Gasteiger partial charge in [0.25, 0.3) is 0 Å². The molecule has 2 N–H and O–H groups in total. The molecule has 0 spiro atoms. The van der Waals surface area contributed by atoms with E-state index in [1.807, 2.05) is 34.6 Å². The lowest BCUT2D eigenvalue weighted by molar-refractivity contribution is 0.0196. The fourth-order valence-corrected chi connectivity index (χ4v) is 2.17. The highest BCUT2D eigenvalue weighted by molar-refractivity contribution is 5.68. The van der Waals surface area contributed by atoms with Crippen molar-refractivity contribution in [2.75, 3.05) is 19.6 Å². The van der Waals surface area contributed by atoms with Crippen LogP contribution in [0.1, 0.15) is 53.9 Å². The van der Waals surface area contributed by atoms with E-state index in [0.29, 0.717) is 6.04 Å². The van der Waals surface area contributed by atoms with Crippen LogP contribution in [-0.4, -0.2) is 53.0 Å². The number of piperidine rings is 1. The quantitative estimate of drug-likeness (QED) is 0.831. The van der Waals surface area contributed by atoms with Gasteiger partial charge in [-0.2, -0.15) is 0 Å². The average Bonchev–Trinajstić information content (AvgIpc) is 2.25. The van der Waals surface area contributed by atoms with Gasteiger partial charge in [-0.25, -0.2) is 4.79 Å². The first-order chi connectivity index (χ1) is 9.07. The molecule has 1 amide bonds. The van der Waals surface area contributed by atoms with Crippen molar-refractivity contribution in [3.63, 3.8) is 0 Å². The highest BCUT2D eigenvalue weighted by Gasteiger charge is 2.26. The first-order valence-corrected chi connectivity index (χ1v) is 7.50. The van der Waals surface area contributed by atoms with Crippen LogP contribution in [0.4, 0.5) is 4.79 Å². The van der Waals surface area contributed by atoms with E-state index >= 15 is 0 Å². The van der Waals surface area contributed by atoms with E-state index in [2.05, 4.69) is 5.32 Å². The molecule has 1 heterocycles. The fourth-order valence-electron chi connectivity index (χ4n) is 2.17. The van der Waals surface area contributed by atoms with E-state index in [4.69, 9.17) is 4.74 Å². The largest absolute Gasteiger partial charge is 0.444 e. The number of amides is 1. The summed E-state index contributed by atoms with van der Waals surface area (Å²) < 4.78 is 5.37. The summed E-state index contributed by atoms with van der Waals surface area (Å²) in [5, 5.41) is 13.1. The Morgan fingerprint density at radius 2 is 1.80 bits per heavy atom. The molecule has 0 aromatic carbocycles. The molecule has 1 aliphatic rings. The topological polar surface area (TPSA) is 61.8 Å². The molecule has 0 aromatic rings. The van der Waals surface area contributed by atoms with Crippen LogP contribution in [-0.2, 0) is 4.74 Å². The van der Waals surface area contributed by atoms with Crippen LogP contribution in [0.15, 0.2) is 0 Å². The smallest absolute Gasteiger partial charge is 0.410 e. The molecule has 1 aliphatic heterocycles. The Balaban J connectivity index is 2.25. The molecule has 1 saturated heterocycles. The Morgan fingerprint density at radius 3 is 2.25 bits per heavy atom. The third-order valence-corrected chi connectivity index (χ3v) is 3.32. The molecule has 0 aromatic heterocycles. The standard InChI is InChI=1S/C15H30N2O3/c1-14(2,3)20-13(18)17-10-6-12(7-11-17)16-9-8-15(4,5)19/h12,16,19H,6-11H2,1-5H3. The number of aliphatic hydroxyl groups is 1. The Morgan fingerprint density at radius 1 is 1.25 bits per heavy atom. The summed E-state index contributed by atoms with van der Waals surface area (Å²) in [6, 6.07) is 0.427. The molecule has 0 atom stereocenters. The lowest BCUT2D eigenvalue weighted by Crippen LogP contribution is -2.47. The van der Waals surface area contributed by atoms with Gasteiger partial charge in [0.05, 0.1) is 5.60 Å². The number of ether oxygens (including phenoxy) is 1. The van der Waals surface area contributed by atoms with E-state index in [1.54, 1.807) is 4.90 Å². The number of carbonyl (C=O) groups excluding carboxylic acids is 1. The predicted molar refractivity (Wildman–Crippen MR) is 79.7 cm³/mol. The lowest BCUT2D eigenvalue weighted by atomic mass is 10.0. The Bertz CT molecular complexity index is 310. The molecule has 0 saturated carbocycles. The van der Waals surface area contributed by atoms with Crippen molar-refractivity contribution < 1.29 is 14.6 Å². The van der Waals surface area contributed by atoms with Gasteiger partial charge in [-0.3, -0.25) is 0 Å². The molecule has 1 fully saturated rings. The van der Waals surface area contributed by atoms with Crippen LogP contribution in [0.25, 0.3) is 0 Å². The van der Waals surface area contributed by atoms with Gasteiger partial charge in [0.1, 0.15) is 5.60 Å². The van der Waals surface area contributed by atoms with Crippen LogP contribution < -0.4 is 5.32 Å². The van der Waals surface area contributed by atoms with Crippen LogP contribution in [0, 0.1) is 0 Å². The predicted octanol–water partition coefficient (Wildman–Crippen LogP) is 2.14. The number of hydrogen-bond acceptors (Lipinski definition) is 4. The van der Waals surface area contributed by atoms with Crippen LogP contribution in [0.5, 0.6) is 0 Å². The lowest BCUT2D eigenvalue weighted by Gasteiger charge is -2.34. The highest BCUT2D eigenvalue weighted by Crippen LogP contribution is 2.15. The third kappa shape index (κ3) is 7.10. The van der Waals surface area contributed by atoms with Crippen molar-refractivity contribution in [2.24, 2.45) is 0 Å². The maximum atomic E-state index is 11.9. The minimum atomic E-state index is -0.621. The SMILES string of the molecule is CC(C)(O)CCNC1CCN(C(=O)OC(C)(C)C)CC1. The fraction of sp³-hybridized carbons (Fsp3) is 0.933. The van der Waals surface area contributed by atoms with Gasteiger partial charge in [-0.1, -0.05) is 0 Å². The minimum Gasteiger partial charge on any atom is -0.444 e. The Hall–Kier alpha value is -0.810. The van der Waals surface area contributed by atoms with Gasteiger partial charge in [0.15, 0.2) is 0 Å². The van der Waals surface area contributed by atoms with Gasteiger partial charge in [0.2, 0.25) is 0 Å². The van der Waals surface area contributed by atoms with Gasteiger partial charge >= 0.3 is 6.09 Å². The first kappa shape index (κ1) is 17.2. The maximum Gasteiger partial charge on any atom is 0.410 e. The summed E-state index contributed by atoms with van der Waals surface area (Å²) in [7, 11) is 0. The first-order valence-electron chi connectivity index (χ1n) is 7.50. The zero-order valence-corrected chi connectivity index (χ0v) is 13.5. The number of nitrogens with one attached hydrogen (secondary N) is 1. The molecular weight excluding hydrogens is 256 g/mol. The summed E-state index contributed by atoms with van der Waals surface area (Å²) >= 11 is 0. The summed E-state index contributed by atoms with van der Waals surface area (Å²) in [6.45, 7) is 11.6. The Kier molecular flexibility index (Phi) is 5.83. The van der Waals surface area contributed by atoms with Gasteiger partial charge in [-0.05, 0) is 60.4 Å². The van der Waals surface area contributed by atoms with Crippen molar-refractivity contribution in [2.45, 2.75) is 71.1 Å². The second-order valence-electron chi connectivity index (χ2n) is 7.26. The van der Waals surface area contributed by atoms with E-state index < -0.39 is 11.2 Å². The van der Waals surface area contributed by atoms with Crippen molar-refractivity contribution in [3.8, 4) is 0 Å². The molecule has 118 valence electrons. The van der Waals surface area contributed by atoms with Crippen molar-refractivity contribution >= 4 is 6.09 Å². The molecule has 0 radical (unpaired) electrons. The van der Waals surface area contributed by atoms with E-state index in [-0.39, 0.29) is 6.09 Å².